The van der Waals surface area contributed by atoms with Crippen molar-refractivity contribution in [1.29, 1.82) is 0 Å². The number of carbonyl (C=O) groups excluding carboxylic acids is 1. The molecular weight excluding hydrogens is 290 g/mol. The van der Waals surface area contributed by atoms with Crippen LogP contribution in [0.1, 0.15) is 15.9 Å². The third kappa shape index (κ3) is 4.01. The van der Waals surface area contributed by atoms with Gasteiger partial charge in [0.05, 0.1) is 12.2 Å². The zero-order chi connectivity index (χ0) is 16.8. The number of amides is 1. The lowest BCUT2D eigenvalue weighted by Crippen LogP contribution is -2.32. The van der Waals surface area contributed by atoms with Gasteiger partial charge in [-0.25, -0.2) is 0 Å². The smallest absolute Gasteiger partial charge is 0.263 e. The van der Waals surface area contributed by atoms with Crippen molar-refractivity contribution in [2.24, 2.45) is 7.05 Å². The lowest BCUT2D eigenvalue weighted by molar-refractivity contribution is 0.0956. The summed E-state index contributed by atoms with van der Waals surface area (Å²) >= 11 is 0. The van der Waals surface area contributed by atoms with Crippen LogP contribution in [-0.4, -0.2) is 31.1 Å². The number of rotatable bonds is 3. The zero-order valence-electron chi connectivity index (χ0n) is 13.5. The van der Waals surface area contributed by atoms with Crippen molar-refractivity contribution >= 4 is 11.6 Å². The predicted molar refractivity (Wildman–Crippen MR) is 91.7 cm³/mol. The van der Waals surface area contributed by atoms with Crippen molar-refractivity contribution in [2.75, 3.05) is 25.5 Å². The first-order valence-electron chi connectivity index (χ1n) is 7.20. The van der Waals surface area contributed by atoms with E-state index in [4.69, 9.17) is 0 Å². The molecule has 0 aliphatic heterocycles. The summed E-state index contributed by atoms with van der Waals surface area (Å²) in [5.74, 6) is 5.54. The van der Waals surface area contributed by atoms with E-state index in [1.165, 1.54) is 10.6 Å². The van der Waals surface area contributed by atoms with Crippen molar-refractivity contribution in [3.63, 3.8) is 0 Å². The first-order chi connectivity index (χ1) is 11.0. The molecule has 1 aromatic heterocycles. The van der Waals surface area contributed by atoms with E-state index in [9.17, 15) is 9.59 Å². The minimum absolute atomic E-state index is 0.116. The SMILES string of the molecule is CN(C)c1ccccc1C#CCNC(=O)c1cccn(C)c1=O. The van der Waals surface area contributed by atoms with Crippen LogP contribution in [0.5, 0.6) is 0 Å². The number of pyridine rings is 1. The average molecular weight is 309 g/mol. The highest BCUT2D eigenvalue weighted by molar-refractivity contribution is 5.93. The third-order valence-electron chi connectivity index (χ3n) is 3.31. The second kappa shape index (κ2) is 7.32. The molecule has 1 aromatic carbocycles. The fourth-order valence-electron chi connectivity index (χ4n) is 2.10. The van der Waals surface area contributed by atoms with Gasteiger partial charge >= 0.3 is 0 Å². The van der Waals surface area contributed by atoms with Crippen LogP contribution in [0, 0.1) is 11.8 Å². The van der Waals surface area contributed by atoms with Gasteiger partial charge in [0.15, 0.2) is 0 Å². The monoisotopic (exact) mass is 309 g/mol. The number of carbonyl (C=O) groups is 1. The number of hydrogen-bond acceptors (Lipinski definition) is 3. The predicted octanol–water partition coefficient (Wildman–Crippen LogP) is 1.23. The van der Waals surface area contributed by atoms with Crippen molar-refractivity contribution in [1.82, 2.24) is 9.88 Å². The van der Waals surface area contributed by atoms with Crippen LogP contribution < -0.4 is 15.8 Å². The third-order valence-corrected chi connectivity index (χ3v) is 3.31. The lowest BCUT2D eigenvalue weighted by Gasteiger charge is -2.13. The molecule has 1 heterocycles. The molecule has 0 aliphatic rings. The molecule has 5 nitrogen and oxygen atoms in total. The fourth-order valence-corrected chi connectivity index (χ4v) is 2.10. The van der Waals surface area contributed by atoms with Gasteiger partial charge in [0.2, 0.25) is 0 Å². The first kappa shape index (κ1) is 16.4. The molecule has 0 aliphatic carbocycles. The molecule has 0 fully saturated rings. The molecule has 2 aromatic rings. The molecular formula is C18H19N3O2. The Morgan fingerprint density at radius 1 is 1.22 bits per heavy atom. The Balaban J connectivity index is 2.05. The Hall–Kier alpha value is -3.00. The van der Waals surface area contributed by atoms with Crippen molar-refractivity contribution < 1.29 is 4.79 Å². The van der Waals surface area contributed by atoms with Crippen LogP contribution in [-0.2, 0) is 7.05 Å². The van der Waals surface area contributed by atoms with Crippen LogP contribution in [0.15, 0.2) is 47.4 Å². The van der Waals surface area contributed by atoms with Gasteiger partial charge in [-0.2, -0.15) is 0 Å². The van der Waals surface area contributed by atoms with Gasteiger partial charge in [0.25, 0.3) is 11.5 Å². The molecule has 0 bridgehead atoms. The molecule has 0 saturated heterocycles. The highest BCUT2D eigenvalue weighted by Gasteiger charge is 2.09. The van der Waals surface area contributed by atoms with Gasteiger partial charge in [-0.3, -0.25) is 9.59 Å². The van der Waals surface area contributed by atoms with E-state index in [1.807, 2.05) is 43.3 Å². The van der Waals surface area contributed by atoms with Gasteiger partial charge in [-0.15, -0.1) is 0 Å². The summed E-state index contributed by atoms with van der Waals surface area (Å²) in [5.41, 5.74) is 1.70. The number of hydrogen-bond donors (Lipinski definition) is 1. The topological polar surface area (TPSA) is 54.3 Å². The van der Waals surface area contributed by atoms with E-state index in [0.717, 1.165) is 11.3 Å². The van der Waals surface area contributed by atoms with Crippen molar-refractivity contribution in [3.8, 4) is 11.8 Å². The largest absolute Gasteiger partial charge is 0.377 e. The van der Waals surface area contributed by atoms with Gasteiger partial charge in [-0.1, -0.05) is 24.0 Å². The van der Waals surface area contributed by atoms with Crippen molar-refractivity contribution in [2.45, 2.75) is 0 Å². The van der Waals surface area contributed by atoms with E-state index in [2.05, 4.69) is 17.2 Å². The van der Waals surface area contributed by atoms with Gasteiger partial charge < -0.3 is 14.8 Å². The summed E-state index contributed by atoms with van der Waals surface area (Å²) in [5, 5.41) is 2.65. The van der Waals surface area contributed by atoms with E-state index >= 15 is 0 Å². The van der Waals surface area contributed by atoms with Crippen LogP contribution in [0.2, 0.25) is 0 Å². The normalized spacial score (nSPS) is 9.70. The Labute approximate surface area is 135 Å². The summed E-state index contributed by atoms with van der Waals surface area (Å²) in [4.78, 5) is 25.8. The molecule has 0 saturated carbocycles. The van der Waals surface area contributed by atoms with Gasteiger partial charge in [0, 0.05) is 32.9 Å². The Bertz CT molecular complexity index is 826. The first-order valence-corrected chi connectivity index (χ1v) is 7.20. The molecule has 0 atom stereocenters. The Morgan fingerprint density at radius 3 is 2.70 bits per heavy atom. The van der Waals surface area contributed by atoms with E-state index in [1.54, 1.807) is 19.3 Å². The molecule has 0 radical (unpaired) electrons. The van der Waals surface area contributed by atoms with Crippen molar-refractivity contribution in [3.05, 3.63) is 64.1 Å². The maximum atomic E-state index is 12.0. The van der Waals surface area contributed by atoms with E-state index in [0.29, 0.717) is 0 Å². The molecule has 118 valence electrons. The number of benzene rings is 1. The number of nitrogens with one attached hydrogen (secondary N) is 1. The van der Waals surface area contributed by atoms with Crippen LogP contribution in [0.25, 0.3) is 0 Å². The van der Waals surface area contributed by atoms with Crippen LogP contribution >= 0.6 is 0 Å². The lowest BCUT2D eigenvalue weighted by atomic mass is 10.1. The van der Waals surface area contributed by atoms with Gasteiger partial charge in [0.1, 0.15) is 5.56 Å². The summed E-state index contributed by atoms with van der Waals surface area (Å²) in [6, 6.07) is 11.0. The minimum atomic E-state index is -0.415. The molecule has 1 N–H and O–H groups in total. The number of nitrogens with zero attached hydrogens (tertiary/aromatic N) is 2. The summed E-state index contributed by atoms with van der Waals surface area (Å²) in [6.45, 7) is 0.179. The number of aromatic nitrogens is 1. The van der Waals surface area contributed by atoms with Gasteiger partial charge in [-0.05, 0) is 24.3 Å². The molecule has 5 heteroatoms. The van der Waals surface area contributed by atoms with E-state index in [-0.39, 0.29) is 17.7 Å². The summed E-state index contributed by atoms with van der Waals surface area (Å²) < 4.78 is 1.37. The second-order valence-electron chi connectivity index (χ2n) is 5.23. The molecule has 0 spiro atoms. The second-order valence-corrected chi connectivity index (χ2v) is 5.23. The quantitative estimate of drug-likeness (QED) is 0.868. The van der Waals surface area contributed by atoms with Crippen LogP contribution in [0.3, 0.4) is 0 Å². The minimum Gasteiger partial charge on any atom is -0.377 e. The molecule has 1 amide bonds. The number of para-hydroxylation sites is 1. The number of aryl methyl sites for hydroxylation is 1. The van der Waals surface area contributed by atoms with Crippen LogP contribution in [0.4, 0.5) is 5.69 Å². The highest BCUT2D eigenvalue weighted by Crippen LogP contribution is 2.16. The maximum Gasteiger partial charge on any atom is 0.263 e. The highest BCUT2D eigenvalue weighted by atomic mass is 16.2. The summed E-state index contributed by atoms with van der Waals surface area (Å²) in [6.07, 6.45) is 1.61. The number of anilines is 1. The summed E-state index contributed by atoms with van der Waals surface area (Å²) in [7, 11) is 5.51. The average Bonchev–Trinajstić information content (AvgIpc) is 2.54. The van der Waals surface area contributed by atoms with E-state index < -0.39 is 5.91 Å². The molecule has 23 heavy (non-hydrogen) atoms. The Morgan fingerprint density at radius 2 is 1.96 bits per heavy atom. The standard InChI is InChI=1S/C18H19N3O2/c1-20(2)16-11-5-4-8-14(16)9-6-12-19-17(22)15-10-7-13-21(3)18(15)23/h4-5,7-8,10-11,13H,12H2,1-3H3,(H,19,22). The zero-order valence-corrected chi connectivity index (χ0v) is 13.5. The molecule has 0 unspecified atom stereocenters. The fraction of sp³-hybridized carbons (Fsp3) is 0.222. The molecule has 2 rings (SSSR count). The Kier molecular flexibility index (Phi) is 5.21. The maximum absolute atomic E-state index is 12.0.